The van der Waals surface area contributed by atoms with E-state index in [0.29, 0.717) is 11.4 Å². The topological polar surface area (TPSA) is 55.0 Å². The van der Waals surface area contributed by atoms with Crippen molar-refractivity contribution in [3.63, 3.8) is 0 Å². The van der Waals surface area contributed by atoms with Gasteiger partial charge in [0, 0.05) is 11.1 Å². The smallest absolute Gasteiger partial charge is 0.254 e. The predicted octanol–water partition coefficient (Wildman–Crippen LogP) is 2.68. The highest BCUT2D eigenvalue weighted by atomic mass is 16.5. The SMILES string of the molecule is COc1cc(C)c(-c2nc(C)[nH]c(=O)c2C)cc1C. The standard InChI is InChI=1S/C15H18N2O2/c1-8-7-13(19-5)9(2)6-12(8)14-10(3)15(18)17-11(4)16-14/h6-7H,1-5H3,(H,16,17,18). The number of methoxy groups -OCH3 is 1. The van der Waals surface area contributed by atoms with Gasteiger partial charge in [0.1, 0.15) is 11.6 Å². The molecule has 0 saturated carbocycles. The van der Waals surface area contributed by atoms with Crippen LogP contribution in [0.5, 0.6) is 5.75 Å². The third kappa shape index (κ3) is 2.38. The summed E-state index contributed by atoms with van der Waals surface area (Å²) in [7, 11) is 1.66. The molecule has 19 heavy (non-hydrogen) atoms. The van der Waals surface area contributed by atoms with Crippen molar-refractivity contribution in [2.24, 2.45) is 0 Å². The Balaban J connectivity index is 2.73. The van der Waals surface area contributed by atoms with E-state index < -0.39 is 0 Å². The molecule has 0 amide bonds. The molecule has 0 atom stereocenters. The second kappa shape index (κ2) is 4.88. The molecule has 1 aromatic heterocycles. The van der Waals surface area contributed by atoms with Gasteiger partial charge in [-0.25, -0.2) is 4.98 Å². The van der Waals surface area contributed by atoms with Crippen LogP contribution in [0.4, 0.5) is 0 Å². The molecule has 1 aromatic carbocycles. The van der Waals surface area contributed by atoms with Crippen molar-refractivity contribution in [1.29, 1.82) is 0 Å². The van der Waals surface area contributed by atoms with Gasteiger partial charge >= 0.3 is 0 Å². The lowest BCUT2D eigenvalue weighted by molar-refractivity contribution is 0.411. The molecule has 0 unspecified atom stereocenters. The fourth-order valence-electron chi connectivity index (χ4n) is 2.17. The average Bonchev–Trinajstić information content (AvgIpc) is 2.36. The molecular formula is C15H18N2O2. The van der Waals surface area contributed by atoms with E-state index in [4.69, 9.17) is 4.74 Å². The average molecular weight is 258 g/mol. The van der Waals surface area contributed by atoms with Gasteiger partial charge in [-0.2, -0.15) is 0 Å². The van der Waals surface area contributed by atoms with Gasteiger partial charge in [0.15, 0.2) is 0 Å². The second-order valence-electron chi connectivity index (χ2n) is 4.76. The van der Waals surface area contributed by atoms with Gasteiger partial charge in [0.25, 0.3) is 5.56 Å². The molecule has 0 aliphatic rings. The summed E-state index contributed by atoms with van der Waals surface area (Å²) in [5.74, 6) is 1.47. The monoisotopic (exact) mass is 258 g/mol. The minimum atomic E-state index is -0.0876. The highest BCUT2D eigenvalue weighted by molar-refractivity contribution is 5.68. The first-order valence-electron chi connectivity index (χ1n) is 6.17. The van der Waals surface area contributed by atoms with Crippen molar-refractivity contribution in [3.8, 4) is 17.0 Å². The Bertz CT molecular complexity index is 687. The fourth-order valence-corrected chi connectivity index (χ4v) is 2.17. The summed E-state index contributed by atoms with van der Waals surface area (Å²) >= 11 is 0. The van der Waals surface area contributed by atoms with Crippen LogP contribution >= 0.6 is 0 Å². The van der Waals surface area contributed by atoms with Crippen LogP contribution in [-0.2, 0) is 0 Å². The van der Waals surface area contributed by atoms with Gasteiger partial charge in [-0.3, -0.25) is 4.79 Å². The van der Waals surface area contributed by atoms with Crippen LogP contribution in [0.1, 0.15) is 22.5 Å². The lowest BCUT2D eigenvalue weighted by atomic mass is 9.99. The maximum Gasteiger partial charge on any atom is 0.254 e. The molecule has 100 valence electrons. The predicted molar refractivity (Wildman–Crippen MR) is 75.8 cm³/mol. The number of aryl methyl sites for hydroxylation is 3. The van der Waals surface area contributed by atoms with E-state index in [2.05, 4.69) is 9.97 Å². The maximum atomic E-state index is 11.8. The number of ether oxygens (including phenoxy) is 1. The summed E-state index contributed by atoms with van der Waals surface area (Å²) in [6, 6.07) is 3.99. The van der Waals surface area contributed by atoms with Crippen molar-refractivity contribution in [2.45, 2.75) is 27.7 Å². The number of H-pyrrole nitrogens is 1. The minimum absolute atomic E-state index is 0.0876. The van der Waals surface area contributed by atoms with Crippen LogP contribution in [0.2, 0.25) is 0 Å². The van der Waals surface area contributed by atoms with Crippen LogP contribution in [0, 0.1) is 27.7 Å². The van der Waals surface area contributed by atoms with E-state index in [1.54, 1.807) is 21.0 Å². The number of aromatic nitrogens is 2. The van der Waals surface area contributed by atoms with Crippen LogP contribution in [-0.4, -0.2) is 17.1 Å². The van der Waals surface area contributed by atoms with E-state index in [9.17, 15) is 4.79 Å². The fraction of sp³-hybridized carbons (Fsp3) is 0.333. The first-order valence-corrected chi connectivity index (χ1v) is 6.17. The Kier molecular flexibility index (Phi) is 3.42. The molecule has 2 rings (SSSR count). The normalized spacial score (nSPS) is 10.6. The highest BCUT2D eigenvalue weighted by Crippen LogP contribution is 2.29. The Morgan fingerprint density at radius 2 is 1.79 bits per heavy atom. The zero-order chi connectivity index (χ0) is 14.2. The second-order valence-corrected chi connectivity index (χ2v) is 4.76. The zero-order valence-corrected chi connectivity index (χ0v) is 11.9. The third-order valence-corrected chi connectivity index (χ3v) is 3.27. The van der Waals surface area contributed by atoms with Gasteiger partial charge in [-0.15, -0.1) is 0 Å². The molecule has 2 aromatic rings. The van der Waals surface area contributed by atoms with E-state index in [1.165, 1.54) is 0 Å². The molecule has 0 aliphatic heterocycles. The molecule has 0 saturated heterocycles. The molecule has 0 fully saturated rings. The molecule has 0 aliphatic carbocycles. The largest absolute Gasteiger partial charge is 0.496 e. The van der Waals surface area contributed by atoms with E-state index in [1.807, 2.05) is 26.0 Å². The molecule has 4 heteroatoms. The molecule has 0 radical (unpaired) electrons. The molecule has 1 N–H and O–H groups in total. The van der Waals surface area contributed by atoms with Crippen LogP contribution in [0.15, 0.2) is 16.9 Å². The number of benzene rings is 1. The maximum absolute atomic E-state index is 11.8. The number of aromatic amines is 1. The van der Waals surface area contributed by atoms with Crippen molar-refractivity contribution in [3.05, 3.63) is 45.0 Å². The number of nitrogens with one attached hydrogen (secondary N) is 1. The van der Waals surface area contributed by atoms with Gasteiger partial charge < -0.3 is 9.72 Å². The van der Waals surface area contributed by atoms with Gasteiger partial charge in [0.2, 0.25) is 0 Å². The summed E-state index contributed by atoms with van der Waals surface area (Å²) in [5.41, 5.74) is 4.34. The van der Waals surface area contributed by atoms with Crippen LogP contribution in [0.3, 0.4) is 0 Å². The van der Waals surface area contributed by atoms with E-state index in [0.717, 1.165) is 28.1 Å². The number of hydrogen-bond donors (Lipinski definition) is 1. The summed E-state index contributed by atoms with van der Waals surface area (Å²) in [4.78, 5) is 19.0. The number of rotatable bonds is 2. The van der Waals surface area contributed by atoms with E-state index >= 15 is 0 Å². The summed E-state index contributed by atoms with van der Waals surface area (Å²) in [5, 5.41) is 0. The third-order valence-electron chi connectivity index (χ3n) is 3.27. The van der Waals surface area contributed by atoms with Crippen molar-refractivity contribution in [1.82, 2.24) is 9.97 Å². The minimum Gasteiger partial charge on any atom is -0.496 e. The highest BCUT2D eigenvalue weighted by Gasteiger charge is 2.13. The molecule has 1 heterocycles. The Morgan fingerprint density at radius 3 is 2.42 bits per heavy atom. The summed E-state index contributed by atoms with van der Waals surface area (Å²) < 4.78 is 5.31. The Morgan fingerprint density at radius 1 is 1.11 bits per heavy atom. The molecule has 0 bridgehead atoms. The van der Waals surface area contributed by atoms with E-state index in [-0.39, 0.29) is 5.56 Å². The molecule has 4 nitrogen and oxygen atoms in total. The first kappa shape index (κ1) is 13.3. The van der Waals surface area contributed by atoms with Crippen LogP contribution < -0.4 is 10.3 Å². The van der Waals surface area contributed by atoms with Crippen molar-refractivity contribution >= 4 is 0 Å². The van der Waals surface area contributed by atoms with Crippen molar-refractivity contribution < 1.29 is 4.74 Å². The van der Waals surface area contributed by atoms with Gasteiger partial charge in [0.05, 0.1) is 12.8 Å². The molecular weight excluding hydrogens is 240 g/mol. The lowest BCUT2D eigenvalue weighted by Gasteiger charge is -2.12. The number of hydrogen-bond acceptors (Lipinski definition) is 3. The number of nitrogens with zero attached hydrogens (tertiary/aromatic N) is 1. The van der Waals surface area contributed by atoms with Gasteiger partial charge in [-0.05, 0) is 51.0 Å². The Labute approximate surface area is 112 Å². The molecule has 0 spiro atoms. The summed E-state index contributed by atoms with van der Waals surface area (Å²) in [6.45, 7) is 7.56. The first-order chi connectivity index (χ1) is 8.93. The zero-order valence-electron chi connectivity index (χ0n) is 11.9. The van der Waals surface area contributed by atoms with Crippen LogP contribution in [0.25, 0.3) is 11.3 Å². The van der Waals surface area contributed by atoms with Gasteiger partial charge in [-0.1, -0.05) is 0 Å². The summed E-state index contributed by atoms with van der Waals surface area (Å²) in [6.07, 6.45) is 0. The lowest BCUT2D eigenvalue weighted by Crippen LogP contribution is -2.14. The Hall–Kier alpha value is -2.10. The van der Waals surface area contributed by atoms with Crippen molar-refractivity contribution in [2.75, 3.05) is 7.11 Å². The quantitative estimate of drug-likeness (QED) is 0.901.